The van der Waals surface area contributed by atoms with Crippen LogP contribution in [0.3, 0.4) is 0 Å². The molecule has 1 rings (SSSR count). The van der Waals surface area contributed by atoms with Crippen molar-refractivity contribution in [1.82, 2.24) is 4.90 Å². The molecular weight excluding hydrogens is 409 g/mol. The highest BCUT2D eigenvalue weighted by atomic mass is 19.4. The van der Waals surface area contributed by atoms with Crippen LogP contribution >= 0.6 is 0 Å². The highest BCUT2D eigenvalue weighted by Gasteiger charge is 2.79. The first-order chi connectivity index (χ1) is 11.3. The van der Waals surface area contributed by atoms with Crippen molar-refractivity contribution in [3.63, 3.8) is 0 Å². The van der Waals surface area contributed by atoms with Crippen LogP contribution in [-0.4, -0.2) is 54.3 Å². The molecule has 1 saturated heterocycles. The van der Waals surface area contributed by atoms with Crippen molar-refractivity contribution in [2.24, 2.45) is 11.8 Å². The Labute approximate surface area is 135 Å². The third-order valence-electron chi connectivity index (χ3n) is 3.85. The maximum Gasteiger partial charge on any atom is 0.440 e. The number of carbonyl (C=O) groups excluding carboxylic acids is 1. The summed E-state index contributed by atoms with van der Waals surface area (Å²) >= 11 is 0. The normalized spacial score (nSPS) is 26.5. The van der Waals surface area contributed by atoms with E-state index >= 15 is 0 Å². The molecule has 0 amide bonds. The summed E-state index contributed by atoms with van der Waals surface area (Å²) in [6.45, 7) is -4.39. The Morgan fingerprint density at radius 3 is 1.31 bits per heavy atom. The first-order valence-corrected chi connectivity index (χ1v) is 6.48. The molecule has 154 valence electrons. The number of nitrogens with zero attached hydrogens (tertiary/aromatic N) is 1. The zero-order valence-electron chi connectivity index (χ0n) is 12.0. The maximum atomic E-state index is 13.9. The van der Waals surface area contributed by atoms with Gasteiger partial charge in [-0.25, -0.2) is 9.29 Å². The standard InChI is InChI=1S/C11H8F13NO/c12-6(26)7(13,10(20,21)22)11(23,24)25-2-4(8(14,15)16)1-5(3-25)9(17,18)19/h4-5H,1-3H2. The van der Waals surface area contributed by atoms with Gasteiger partial charge in [-0.3, -0.25) is 4.79 Å². The molecule has 3 atom stereocenters. The van der Waals surface area contributed by atoms with E-state index in [4.69, 9.17) is 0 Å². The molecule has 0 aromatic rings. The Bertz CT molecular complexity index is 514. The van der Waals surface area contributed by atoms with E-state index in [9.17, 15) is 61.9 Å². The second kappa shape index (κ2) is 6.41. The van der Waals surface area contributed by atoms with Crippen molar-refractivity contribution in [1.29, 1.82) is 0 Å². The Hall–Kier alpha value is -1.28. The zero-order chi connectivity index (χ0) is 20.9. The molecule has 0 N–H and O–H groups in total. The third-order valence-corrected chi connectivity index (χ3v) is 3.85. The molecule has 0 aromatic carbocycles. The minimum absolute atomic E-state index is 1.45. The van der Waals surface area contributed by atoms with E-state index in [-0.39, 0.29) is 0 Å². The number of hydrogen-bond acceptors (Lipinski definition) is 2. The van der Waals surface area contributed by atoms with E-state index in [2.05, 4.69) is 0 Å². The van der Waals surface area contributed by atoms with E-state index in [1.165, 1.54) is 0 Å². The predicted octanol–water partition coefficient (Wildman–Crippen LogP) is 4.41. The van der Waals surface area contributed by atoms with E-state index in [1.54, 1.807) is 0 Å². The van der Waals surface area contributed by atoms with Crippen molar-refractivity contribution in [3.05, 3.63) is 0 Å². The molecule has 1 fully saturated rings. The number of alkyl halides is 12. The SMILES string of the molecule is O=C(F)C(F)(C(F)(F)F)C(F)(F)N1CC(C(F)(F)F)CC(C(F)(F)F)C1. The van der Waals surface area contributed by atoms with Gasteiger partial charge in [0.15, 0.2) is 0 Å². The second-order valence-electron chi connectivity index (χ2n) is 5.59. The van der Waals surface area contributed by atoms with Crippen LogP contribution in [0, 0.1) is 11.8 Å². The van der Waals surface area contributed by atoms with Crippen LogP contribution in [-0.2, 0) is 4.79 Å². The lowest BCUT2D eigenvalue weighted by Crippen LogP contribution is -2.69. The molecule has 0 aliphatic carbocycles. The molecule has 0 bridgehead atoms. The van der Waals surface area contributed by atoms with Gasteiger partial charge in [0.05, 0.1) is 11.8 Å². The molecule has 1 aliphatic rings. The van der Waals surface area contributed by atoms with Crippen LogP contribution in [0.5, 0.6) is 0 Å². The molecular formula is C11H8F13NO. The van der Waals surface area contributed by atoms with Crippen molar-refractivity contribution in [3.8, 4) is 0 Å². The summed E-state index contributed by atoms with van der Waals surface area (Å²) in [5, 5.41) is 0. The van der Waals surface area contributed by atoms with Gasteiger partial charge in [-0.15, -0.1) is 0 Å². The van der Waals surface area contributed by atoms with Gasteiger partial charge in [0.2, 0.25) is 0 Å². The van der Waals surface area contributed by atoms with Crippen LogP contribution in [0.2, 0.25) is 0 Å². The average molecular weight is 417 g/mol. The van der Waals surface area contributed by atoms with Crippen molar-refractivity contribution in [2.75, 3.05) is 13.1 Å². The highest BCUT2D eigenvalue weighted by Crippen LogP contribution is 2.51. The number of likely N-dealkylation sites (tertiary alicyclic amines) is 1. The van der Waals surface area contributed by atoms with E-state index in [0.717, 1.165) is 0 Å². The molecule has 0 aromatic heterocycles. The fraction of sp³-hybridized carbons (Fsp3) is 0.909. The summed E-state index contributed by atoms with van der Waals surface area (Å²) in [7, 11) is 0. The molecule has 0 spiro atoms. The van der Waals surface area contributed by atoms with Gasteiger partial charge in [0, 0.05) is 13.1 Å². The van der Waals surface area contributed by atoms with Crippen molar-refractivity contribution >= 4 is 6.04 Å². The molecule has 0 saturated carbocycles. The summed E-state index contributed by atoms with van der Waals surface area (Å²) in [6.07, 6.45) is -19.8. The fourth-order valence-electron chi connectivity index (χ4n) is 2.42. The van der Waals surface area contributed by atoms with Gasteiger partial charge in [-0.2, -0.15) is 52.7 Å². The quantitative estimate of drug-likeness (QED) is 0.385. The van der Waals surface area contributed by atoms with Crippen molar-refractivity contribution in [2.45, 2.75) is 36.7 Å². The largest absolute Gasteiger partial charge is 0.440 e. The highest BCUT2D eigenvalue weighted by molar-refractivity contribution is 5.80. The molecule has 2 nitrogen and oxygen atoms in total. The van der Waals surface area contributed by atoms with Gasteiger partial charge >= 0.3 is 36.3 Å². The molecule has 1 aliphatic heterocycles. The Balaban J connectivity index is 3.42. The zero-order valence-corrected chi connectivity index (χ0v) is 12.0. The van der Waals surface area contributed by atoms with E-state index in [1.807, 2.05) is 0 Å². The molecule has 3 unspecified atom stereocenters. The van der Waals surface area contributed by atoms with Crippen LogP contribution in [0.4, 0.5) is 57.1 Å². The van der Waals surface area contributed by atoms with Gasteiger partial charge in [-0.05, 0) is 6.42 Å². The smallest absolute Gasteiger partial charge is 0.257 e. The molecule has 0 radical (unpaired) electrons. The fourth-order valence-corrected chi connectivity index (χ4v) is 2.42. The minimum atomic E-state index is -6.94. The van der Waals surface area contributed by atoms with E-state index < -0.39 is 72.5 Å². The van der Waals surface area contributed by atoms with Crippen LogP contribution in [0.15, 0.2) is 0 Å². The summed E-state index contributed by atoms with van der Waals surface area (Å²) < 4.78 is 167. The third kappa shape index (κ3) is 3.86. The van der Waals surface area contributed by atoms with Gasteiger partial charge in [-0.1, -0.05) is 0 Å². The lowest BCUT2D eigenvalue weighted by Gasteiger charge is -2.45. The monoisotopic (exact) mass is 417 g/mol. The van der Waals surface area contributed by atoms with Crippen LogP contribution in [0.1, 0.15) is 6.42 Å². The summed E-state index contributed by atoms with van der Waals surface area (Å²) in [5.74, 6) is -6.41. The maximum absolute atomic E-state index is 13.9. The Kier molecular flexibility index (Phi) is 5.61. The number of hydrogen-bond donors (Lipinski definition) is 0. The molecule has 15 heteroatoms. The summed E-state index contributed by atoms with van der Waals surface area (Å²) in [6, 6.07) is -10.7. The summed E-state index contributed by atoms with van der Waals surface area (Å²) in [4.78, 5) is 8.80. The van der Waals surface area contributed by atoms with Gasteiger partial charge in [0.25, 0.3) is 0 Å². The second-order valence-corrected chi connectivity index (χ2v) is 5.59. The van der Waals surface area contributed by atoms with Gasteiger partial charge in [0.1, 0.15) is 0 Å². The van der Waals surface area contributed by atoms with Crippen LogP contribution in [0.25, 0.3) is 0 Å². The molecule has 1 heterocycles. The lowest BCUT2D eigenvalue weighted by atomic mass is 9.86. The number of rotatable bonds is 3. The number of halogens is 13. The van der Waals surface area contributed by atoms with Gasteiger partial charge < -0.3 is 0 Å². The Morgan fingerprint density at radius 1 is 0.731 bits per heavy atom. The number of piperidine rings is 1. The Morgan fingerprint density at radius 2 is 1.08 bits per heavy atom. The minimum Gasteiger partial charge on any atom is -0.257 e. The number of carbonyl (C=O) groups is 1. The van der Waals surface area contributed by atoms with Crippen LogP contribution < -0.4 is 0 Å². The average Bonchev–Trinajstić information content (AvgIpc) is 2.42. The first-order valence-electron chi connectivity index (χ1n) is 6.48. The topological polar surface area (TPSA) is 20.3 Å². The molecule has 26 heavy (non-hydrogen) atoms. The lowest BCUT2D eigenvalue weighted by molar-refractivity contribution is -0.344. The summed E-state index contributed by atoms with van der Waals surface area (Å²) in [5.41, 5.74) is -6.64. The van der Waals surface area contributed by atoms with Crippen molar-refractivity contribution < 1.29 is 61.9 Å². The predicted molar refractivity (Wildman–Crippen MR) is 56.2 cm³/mol. The first kappa shape index (κ1) is 22.8. The van der Waals surface area contributed by atoms with E-state index in [0.29, 0.717) is 0 Å².